The Balaban J connectivity index is 0.00000242. The van der Waals surface area contributed by atoms with Gasteiger partial charge in [0, 0.05) is 18.2 Å². The lowest BCUT2D eigenvalue weighted by Gasteiger charge is -2.12. The maximum Gasteiger partial charge on any atom is 0.243 e. The summed E-state index contributed by atoms with van der Waals surface area (Å²) in [5.74, 6) is 0.390. The van der Waals surface area contributed by atoms with Crippen molar-refractivity contribution in [2.75, 3.05) is 13.1 Å². The molecule has 0 radical (unpaired) electrons. The number of halogens is 1. The molecule has 0 unspecified atom stereocenters. The first-order chi connectivity index (χ1) is 10.2. The third kappa shape index (κ3) is 5.42. The van der Waals surface area contributed by atoms with Crippen molar-refractivity contribution in [3.05, 3.63) is 30.3 Å². The average Bonchev–Trinajstić information content (AvgIpc) is 2.95. The van der Waals surface area contributed by atoms with Crippen LogP contribution in [0.5, 0.6) is 0 Å². The number of benzene rings is 1. The molecular weight excluding hydrogens is 304 g/mol. The molecule has 2 rings (SSSR count). The molecule has 0 saturated carbocycles. The van der Waals surface area contributed by atoms with Crippen molar-refractivity contribution in [3.63, 3.8) is 0 Å². The van der Waals surface area contributed by atoms with Gasteiger partial charge in [-0.2, -0.15) is 4.80 Å². The number of carbonyl (C=O) groups excluding carboxylic acids is 1. The summed E-state index contributed by atoms with van der Waals surface area (Å²) < 4.78 is 0. The highest BCUT2D eigenvalue weighted by Gasteiger charge is 2.09. The van der Waals surface area contributed by atoms with Gasteiger partial charge < -0.3 is 10.6 Å². The number of hydrogen-bond donors (Lipinski definition) is 2. The van der Waals surface area contributed by atoms with Crippen LogP contribution in [0.15, 0.2) is 30.3 Å². The Kier molecular flexibility index (Phi) is 7.48. The molecule has 22 heavy (non-hydrogen) atoms. The molecule has 2 aromatic rings. The number of hydrogen-bond acceptors (Lipinski definition) is 5. The maximum absolute atomic E-state index is 11.8. The fourth-order valence-corrected chi connectivity index (χ4v) is 1.88. The van der Waals surface area contributed by atoms with Crippen molar-refractivity contribution >= 4 is 18.3 Å². The van der Waals surface area contributed by atoms with E-state index in [1.165, 1.54) is 4.80 Å². The summed E-state index contributed by atoms with van der Waals surface area (Å²) in [6.07, 6.45) is 0. The van der Waals surface area contributed by atoms with E-state index in [9.17, 15) is 4.79 Å². The van der Waals surface area contributed by atoms with Crippen LogP contribution < -0.4 is 10.6 Å². The van der Waals surface area contributed by atoms with Gasteiger partial charge in [0.2, 0.25) is 11.7 Å². The number of amides is 1. The highest BCUT2D eigenvalue weighted by atomic mass is 35.5. The van der Waals surface area contributed by atoms with E-state index in [-0.39, 0.29) is 30.9 Å². The Morgan fingerprint density at radius 2 is 2.05 bits per heavy atom. The number of aromatic nitrogens is 4. The molecule has 0 aliphatic rings. The Bertz CT molecular complexity index is 574. The topological polar surface area (TPSA) is 84.7 Å². The molecule has 0 spiro atoms. The first-order valence-electron chi connectivity index (χ1n) is 7.02. The molecule has 0 fully saturated rings. The molecule has 8 heteroatoms. The molecule has 1 aromatic heterocycles. The van der Waals surface area contributed by atoms with Crippen LogP contribution in [0, 0.1) is 0 Å². The number of carbonyl (C=O) groups is 1. The molecule has 2 N–H and O–H groups in total. The zero-order valence-electron chi connectivity index (χ0n) is 12.7. The molecule has 0 aliphatic carbocycles. The van der Waals surface area contributed by atoms with E-state index in [0.29, 0.717) is 12.4 Å². The minimum absolute atomic E-state index is 0. The predicted octanol–water partition coefficient (Wildman–Crippen LogP) is 0.876. The summed E-state index contributed by atoms with van der Waals surface area (Å²) in [5.41, 5.74) is 0.880. The van der Waals surface area contributed by atoms with Gasteiger partial charge in [-0.3, -0.25) is 4.79 Å². The number of nitrogens with one attached hydrogen (secondary N) is 2. The second kappa shape index (κ2) is 9.11. The van der Waals surface area contributed by atoms with E-state index < -0.39 is 0 Å². The van der Waals surface area contributed by atoms with Crippen LogP contribution in [0.25, 0.3) is 11.4 Å². The van der Waals surface area contributed by atoms with Crippen LogP contribution >= 0.6 is 12.4 Å². The summed E-state index contributed by atoms with van der Waals surface area (Å²) in [4.78, 5) is 13.1. The molecule has 1 amide bonds. The van der Waals surface area contributed by atoms with Gasteiger partial charge in [0.1, 0.15) is 6.54 Å². The third-order valence-corrected chi connectivity index (χ3v) is 2.93. The molecule has 1 atom stereocenters. The molecule has 0 bridgehead atoms. The molecule has 1 aromatic carbocycles. The number of likely N-dealkylation sites (N-methyl/N-ethyl adjacent to an activating group) is 1. The summed E-state index contributed by atoms with van der Waals surface area (Å²) in [6.45, 7) is 5.57. The zero-order chi connectivity index (χ0) is 15.1. The molecule has 120 valence electrons. The fourth-order valence-electron chi connectivity index (χ4n) is 1.88. The predicted molar refractivity (Wildman–Crippen MR) is 86.6 cm³/mol. The lowest BCUT2D eigenvalue weighted by Crippen LogP contribution is -2.40. The van der Waals surface area contributed by atoms with Crippen molar-refractivity contribution < 1.29 is 4.79 Å². The summed E-state index contributed by atoms with van der Waals surface area (Å²) in [6, 6.07) is 9.78. The van der Waals surface area contributed by atoms with Crippen molar-refractivity contribution in [1.29, 1.82) is 0 Å². The van der Waals surface area contributed by atoms with Crippen molar-refractivity contribution in [3.8, 4) is 11.4 Å². The van der Waals surface area contributed by atoms with Crippen LogP contribution in [0.3, 0.4) is 0 Å². The normalized spacial score (nSPS) is 11.5. The Morgan fingerprint density at radius 1 is 1.32 bits per heavy atom. The molecule has 0 saturated heterocycles. The van der Waals surface area contributed by atoms with Crippen LogP contribution in [0.2, 0.25) is 0 Å². The third-order valence-electron chi connectivity index (χ3n) is 2.93. The first kappa shape index (κ1) is 18.1. The van der Waals surface area contributed by atoms with Crippen LogP contribution in [0.1, 0.15) is 13.8 Å². The minimum Gasteiger partial charge on any atom is -0.353 e. The van der Waals surface area contributed by atoms with E-state index >= 15 is 0 Å². The molecular formula is C14H21ClN6O. The van der Waals surface area contributed by atoms with Gasteiger partial charge in [0.25, 0.3) is 0 Å². The van der Waals surface area contributed by atoms with Gasteiger partial charge in [-0.05, 0) is 18.7 Å². The maximum atomic E-state index is 11.8. The van der Waals surface area contributed by atoms with Gasteiger partial charge >= 0.3 is 0 Å². The van der Waals surface area contributed by atoms with Gasteiger partial charge in [0.15, 0.2) is 0 Å². The Morgan fingerprint density at radius 3 is 2.73 bits per heavy atom. The molecule has 7 nitrogen and oxygen atoms in total. The molecule has 0 aliphatic heterocycles. The van der Waals surface area contributed by atoms with E-state index in [1.807, 2.05) is 44.2 Å². The lowest BCUT2D eigenvalue weighted by atomic mass is 10.2. The minimum atomic E-state index is -0.128. The largest absolute Gasteiger partial charge is 0.353 e. The number of rotatable bonds is 7. The number of tetrazole rings is 1. The smallest absolute Gasteiger partial charge is 0.243 e. The van der Waals surface area contributed by atoms with Crippen molar-refractivity contribution in [2.45, 2.75) is 26.4 Å². The average molecular weight is 325 g/mol. The van der Waals surface area contributed by atoms with Gasteiger partial charge in [0.05, 0.1) is 0 Å². The Hall–Kier alpha value is -1.99. The highest BCUT2D eigenvalue weighted by Crippen LogP contribution is 2.11. The van der Waals surface area contributed by atoms with E-state index in [2.05, 4.69) is 26.0 Å². The number of nitrogens with zero attached hydrogens (tertiary/aromatic N) is 4. The van der Waals surface area contributed by atoms with Crippen molar-refractivity contribution in [1.82, 2.24) is 30.8 Å². The van der Waals surface area contributed by atoms with Crippen LogP contribution in [0.4, 0.5) is 0 Å². The second-order valence-electron chi connectivity index (χ2n) is 4.77. The second-order valence-corrected chi connectivity index (χ2v) is 4.77. The SMILES string of the molecule is CCN[C@H](C)CNC(=O)Cn1nnc(-c2ccccc2)n1.Cl. The van der Waals surface area contributed by atoms with E-state index in [0.717, 1.165) is 12.1 Å². The Labute approximate surface area is 135 Å². The van der Waals surface area contributed by atoms with Gasteiger partial charge in [-0.25, -0.2) is 0 Å². The van der Waals surface area contributed by atoms with Crippen LogP contribution in [-0.4, -0.2) is 45.2 Å². The van der Waals surface area contributed by atoms with Crippen LogP contribution in [-0.2, 0) is 11.3 Å². The fraction of sp³-hybridized carbons (Fsp3) is 0.429. The quantitative estimate of drug-likeness (QED) is 0.789. The van der Waals surface area contributed by atoms with E-state index in [4.69, 9.17) is 0 Å². The highest BCUT2D eigenvalue weighted by molar-refractivity contribution is 5.85. The van der Waals surface area contributed by atoms with Gasteiger partial charge in [-0.15, -0.1) is 22.6 Å². The first-order valence-corrected chi connectivity index (χ1v) is 7.02. The molecule has 1 heterocycles. The zero-order valence-corrected chi connectivity index (χ0v) is 13.5. The summed E-state index contributed by atoms with van der Waals surface area (Å²) in [5, 5.41) is 18.1. The standard InChI is InChI=1S/C14H20N6O.ClH/c1-3-15-11(2)9-16-13(21)10-20-18-14(17-19-20)12-7-5-4-6-8-12;/h4-8,11,15H,3,9-10H2,1-2H3,(H,16,21);1H/t11-;/m1./s1. The lowest BCUT2D eigenvalue weighted by molar-refractivity contribution is -0.122. The monoisotopic (exact) mass is 324 g/mol. The summed E-state index contributed by atoms with van der Waals surface area (Å²) in [7, 11) is 0. The van der Waals surface area contributed by atoms with E-state index in [1.54, 1.807) is 0 Å². The van der Waals surface area contributed by atoms with Crippen molar-refractivity contribution in [2.24, 2.45) is 0 Å². The summed E-state index contributed by atoms with van der Waals surface area (Å²) >= 11 is 0. The van der Waals surface area contributed by atoms with Gasteiger partial charge in [-0.1, -0.05) is 37.3 Å².